The van der Waals surface area contributed by atoms with Crippen molar-refractivity contribution in [3.8, 4) is 0 Å². The number of aryl methyl sites for hydroxylation is 1. The minimum atomic E-state index is -0.751. The number of carbonyl (C=O) groups excluding carboxylic acids is 2. The Kier molecular flexibility index (Phi) is 4.06. The summed E-state index contributed by atoms with van der Waals surface area (Å²) < 4.78 is 0. The fourth-order valence-corrected chi connectivity index (χ4v) is 2.80. The lowest BCUT2D eigenvalue weighted by atomic mass is 9.87. The van der Waals surface area contributed by atoms with Crippen LogP contribution in [0.5, 0.6) is 0 Å². The zero-order valence-electron chi connectivity index (χ0n) is 12.3. The average molecular weight is 275 g/mol. The topological polar surface area (TPSA) is 62.3 Å². The fraction of sp³-hybridized carbons (Fsp3) is 0.533. The molecule has 1 aromatic rings. The SMILES string of the molecule is CCC1(CC)C(=O)NCC(=O)N1Cc1ncccc1C. The average Bonchev–Trinajstić information content (AvgIpc) is 2.46. The molecule has 1 N–H and O–H groups in total. The number of aromatic nitrogens is 1. The van der Waals surface area contributed by atoms with Gasteiger partial charge in [-0.2, -0.15) is 0 Å². The Hall–Kier alpha value is -1.91. The molecule has 1 saturated heterocycles. The van der Waals surface area contributed by atoms with Crippen molar-refractivity contribution in [1.82, 2.24) is 15.2 Å². The molecular formula is C15H21N3O2. The summed E-state index contributed by atoms with van der Waals surface area (Å²) in [5.74, 6) is -0.103. The van der Waals surface area contributed by atoms with Gasteiger partial charge in [-0.3, -0.25) is 14.6 Å². The van der Waals surface area contributed by atoms with Gasteiger partial charge in [0.05, 0.1) is 18.8 Å². The van der Waals surface area contributed by atoms with E-state index in [0.29, 0.717) is 19.4 Å². The zero-order valence-corrected chi connectivity index (χ0v) is 12.3. The highest BCUT2D eigenvalue weighted by atomic mass is 16.2. The van der Waals surface area contributed by atoms with Gasteiger partial charge in [0.2, 0.25) is 11.8 Å². The van der Waals surface area contributed by atoms with E-state index in [2.05, 4.69) is 10.3 Å². The molecule has 2 amide bonds. The van der Waals surface area contributed by atoms with Crippen LogP contribution in [0, 0.1) is 6.92 Å². The molecule has 5 nitrogen and oxygen atoms in total. The maximum atomic E-state index is 12.3. The standard InChI is InChI=1S/C15H21N3O2/c1-4-15(5-2)14(20)17-9-13(19)18(15)10-12-11(3)7-6-8-16-12/h6-8H,4-5,9-10H2,1-3H3,(H,17,20). The van der Waals surface area contributed by atoms with Gasteiger partial charge in [0.25, 0.3) is 0 Å². The summed E-state index contributed by atoms with van der Waals surface area (Å²) in [5, 5.41) is 2.70. The Morgan fingerprint density at radius 2 is 2.05 bits per heavy atom. The molecule has 20 heavy (non-hydrogen) atoms. The molecule has 0 unspecified atom stereocenters. The smallest absolute Gasteiger partial charge is 0.246 e. The van der Waals surface area contributed by atoms with E-state index < -0.39 is 5.54 Å². The molecule has 1 aliphatic heterocycles. The van der Waals surface area contributed by atoms with Crippen molar-refractivity contribution in [3.05, 3.63) is 29.6 Å². The Balaban J connectivity index is 2.37. The van der Waals surface area contributed by atoms with E-state index in [1.807, 2.05) is 32.9 Å². The summed E-state index contributed by atoms with van der Waals surface area (Å²) in [5.41, 5.74) is 1.13. The summed E-state index contributed by atoms with van der Waals surface area (Å²) >= 11 is 0. The lowest BCUT2D eigenvalue weighted by Gasteiger charge is -2.45. The van der Waals surface area contributed by atoms with Gasteiger partial charge in [0, 0.05) is 6.20 Å². The Labute approximate surface area is 119 Å². The number of hydrogen-bond donors (Lipinski definition) is 1. The Morgan fingerprint density at radius 3 is 2.65 bits per heavy atom. The molecule has 1 aromatic heterocycles. The normalized spacial score (nSPS) is 18.1. The van der Waals surface area contributed by atoms with Crippen molar-refractivity contribution < 1.29 is 9.59 Å². The van der Waals surface area contributed by atoms with E-state index in [4.69, 9.17) is 0 Å². The number of pyridine rings is 1. The van der Waals surface area contributed by atoms with Crippen molar-refractivity contribution in [3.63, 3.8) is 0 Å². The maximum Gasteiger partial charge on any atom is 0.246 e. The third-order valence-corrected chi connectivity index (χ3v) is 4.24. The Morgan fingerprint density at radius 1 is 1.35 bits per heavy atom. The molecular weight excluding hydrogens is 254 g/mol. The van der Waals surface area contributed by atoms with Gasteiger partial charge in [0.1, 0.15) is 5.54 Å². The van der Waals surface area contributed by atoms with E-state index in [1.54, 1.807) is 11.1 Å². The van der Waals surface area contributed by atoms with Crippen LogP contribution in [-0.2, 0) is 16.1 Å². The van der Waals surface area contributed by atoms with E-state index >= 15 is 0 Å². The number of piperazine rings is 1. The van der Waals surface area contributed by atoms with Crippen LogP contribution < -0.4 is 5.32 Å². The molecule has 0 atom stereocenters. The summed E-state index contributed by atoms with van der Waals surface area (Å²) in [4.78, 5) is 30.6. The van der Waals surface area contributed by atoms with E-state index in [1.165, 1.54) is 0 Å². The maximum absolute atomic E-state index is 12.3. The van der Waals surface area contributed by atoms with Crippen LogP contribution in [0.3, 0.4) is 0 Å². The second-order valence-electron chi connectivity index (χ2n) is 5.17. The first kappa shape index (κ1) is 14.5. The van der Waals surface area contributed by atoms with Crippen LogP contribution in [0.4, 0.5) is 0 Å². The summed E-state index contributed by atoms with van der Waals surface area (Å²) in [6, 6.07) is 3.84. The quantitative estimate of drug-likeness (QED) is 0.903. The number of carbonyl (C=O) groups is 2. The first-order valence-corrected chi connectivity index (χ1v) is 7.04. The summed E-state index contributed by atoms with van der Waals surface area (Å²) in [6.45, 7) is 6.32. The predicted octanol–water partition coefficient (Wildman–Crippen LogP) is 1.41. The number of hydrogen-bond acceptors (Lipinski definition) is 3. The molecule has 2 rings (SSSR count). The largest absolute Gasteiger partial charge is 0.345 e. The highest BCUT2D eigenvalue weighted by molar-refractivity contribution is 5.97. The van der Waals surface area contributed by atoms with Gasteiger partial charge >= 0.3 is 0 Å². The zero-order chi connectivity index (χ0) is 14.8. The molecule has 0 bridgehead atoms. The number of nitrogens with zero attached hydrogens (tertiary/aromatic N) is 2. The Bertz CT molecular complexity index is 524. The summed E-state index contributed by atoms with van der Waals surface area (Å²) in [6.07, 6.45) is 2.93. The molecule has 0 radical (unpaired) electrons. The number of rotatable bonds is 4. The highest BCUT2D eigenvalue weighted by Crippen LogP contribution is 2.29. The fourth-order valence-electron chi connectivity index (χ4n) is 2.80. The van der Waals surface area contributed by atoms with Crippen molar-refractivity contribution in [2.45, 2.75) is 45.7 Å². The first-order valence-electron chi connectivity index (χ1n) is 7.04. The van der Waals surface area contributed by atoms with Gasteiger partial charge < -0.3 is 10.2 Å². The lowest BCUT2D eigenvalue weighted by Crippen LogP contribution is -2.66. The van der Waals surface area contributed by atoms with E-state index in [-0.39, 0.29) is 18.4 Å². The third-order valence-electron chi connectivity index (χ3n) is 4.24. The molecule has 0 aromatic carbocycles. The minimum absolute atomic E-state index is 0.0432. The van der Waals surface area contributed by atoms with Crippen LogP contribution in [0.25, 0.3) is 0 Å². The van der Waals surface area contributed by atoms with Gasteiger partial charge in [-0.15, -0.1) is 0 Å². The van der Waals surface area contributed by atoms with Crippen molar-refractivity contribution in [2.24, 2.45) is 0 Å². The van der Waals surface area contributed by atoms with Gasteiger partial charge in [-0.1, -0.05) is 19.9 Å². The van der Waals surface area contributed by atoms with Crippen molar-refractivity contribution >= 4 is 11.8 Å². The molecule has 0 spiro atoms. The van der Waals surface area contributed by atoms with Gasteiger partial charge in [-0.25, -0.2) is 0 Å². The molecule has 5 heteroatoms. The number of nitrogens with one attached hydrogen (secondary N) is 1. The van der Waals surface area contributed by atoms with Gasteiger partial charge in [-0.05, 0) is 31.4 Å². The molecule has 2 heterocycles. The highest BCUT2D eigenvalue weighted by Gasteiger charge is 2.46. The summed E-state index contributed by atoms with van der Waals surface area (Å²) in [7, 11) is 0. The second kappa shape index (κ2) is 5.61. The van der Waals surface area contributed by atoms with Crippen LogP contribution in [0.15, 0.2) is 18.3 Å². The molecule has 1 fully saturated rings. The lowest BCUT2D eigenvalue weighted by molar-refractivity contribution is -0.155. The van der Waals surface area contributed by atoms with Crippen molar-refractivity contribution in [2.75, 3.05) is 6.54 Å². The second-order valence-corrected chi connectivity index (χ2v) is 5.17. The van der Waals surface area contributed by atoms with E-state index in [9.17, 15) is 9.59 Å². The van der Waals surface area contributed by atoms with Crippen molar-refractivity contribution in [1.29, 1.82) is 0 Å². The minimum Gasteiger partial charge on any atom is -0.345 e. The first-order chi connectivity index (χ1) is 9.55. The molecule has 0 saturated carbocycles. The van der Waals surface area contributed by atoms with Crippen LogP contribution in [-0.4, -0.2) is 33.8 Å². The van der Waals surface area contributed by atoms with E-state index in [0.717, 1.165) is 11.3 Å². The third kappa shape index (κ3) is 2.28. The van der Waals surface area contributed by atoms with Gasteiger partial charge in [0.15, 0.2) is 0 Å². The number of amides is 2. The molecule has 108 valence electrons. The van der Waals surface area contributed by atoms with Crippen LogP contribution >= 0.6 is 0 Å². The van der Waals surface area contributed by atoms with Crippen LogP contribution in [0.2, 0.25) is 0 Å². The monoisotopic (exact) mass is 275 g/mol. The van der Waals surface area contributed by atoms with Crippen LogP contribution in [0.1, 0.15) is 37.9 Å². The predicted molar refractivity (Wildman–Crippen MR) is 75.8 cm³/mol. The molecule has 0 aliphatic carbocycles. The molecule has 1 aliphatic rings.